The maximum Gasteiger partial charge on any atom is 0.326 e. The smallest absolute Gasteiger partial charge is 0.326 e. The highest BCUT2D eigenvalue weighted by Crippen LogP contribution is 2.24. The number of nitrogens with two attached hydrogens (primary N) is 1. The second kappa shape index (κ2) is 14.6. The minimum Gasteiger partial charge on any atom is -0.481 e. The Hall–Kier alpha value is -3.72. The van der Waals surface area contributed by atoms with Crippen molar-refractivity contribution in [2.24, 2.45) is 11.1 Å². The fourth-order valence-corrected chi connectivity index (χ4v) is 3.17. The van der Waals surface area contributed by atoms with Crippen molar-refractivity contribution in [3.05, 3.63) is 66.2 Å². The van der Waals surface area contributed by atoms with Gasteiger partial charge >= 0.3 is 17.9 Å². The molecular formula is C27H36N2O7. The van der Waals surface area contributed by atoms with Gasteiger partial charge in [-0.2, -0.15) is 0 Å². The van der Waals surface area contributed by atoms with E-state index in [-0.39, 0.29) is 18.7 Å². The van der Waals surface area contributed by atoms with Crippen LogP contribution in [0.1, 0.15) is 39.7 Å². The van der Waals surface area contributed by atoms with Crippen LogP contribution in [0.5, 0.6) is 0 Å². The van der Waals surface area contributed by atoms with Crippen LogP contribution in [0.15, 0.2) is 60.7 Å². The van der Waals surface area contributed by atoms with Crippen molar-refractivity contribution in [2.45, 2.75) is 52.6 Å². The van der Waals surface area contributed by atoms with Gasteiger partial charge in [-0.25, -0.2) is 4.79 Å². The molecule has 0 bridgehead atoms. The third kappa shape index (κ3) is 10.3. The lowest BCUT2D eigenvalue weighted by Crippen LogP contribution is -2.52. The van der Waals surface area contributed by atoms with Gasteiger partial charge in [0.1, 0.15) is 6.04 Å². The molecule has 9 heteroatoms. The number of nitrogens with zero attached hydrogens (tertiary/aromatic N) is 1. The Morgan fingerprint density at radius 1 is 0.944 bits per heavy atom. The van der Waals surface area contributed by atoms with Crippen LogP contribution in [-0.4, -0.2) is 59.1 Å². The molecule has 0 fully saturated rings. The van der Waals surface area contributed by atoms with Crippen LogP contribution in [0, 0.1) is 5.41 Å². The minimum atomic E-state index is -1.04. The number of carbonyl (C=O) groups excluding carboxylic acids is 2. The lowest BCUT2D eigenvalue weighted by Gasteiger charge is -2.36. The molecule has 196 valence electrons. The fourth-order valence-electron chi connectivity index (χ4n) is 3.17. The highest BCUT2D eigenvalue weighted by molar-refractivity contribution is 5.92. The summed E-state index contributed by atoms with van der Waals surface area (Å²) in [4.78, 5) is 48.3. The molecule has 0 aliphatic carbocycles. The Morgan fingerprint density at radius 3 is 1.89 bits per heavy atom. The number of carbonyl (C=O) groups is 4. The van der Waals surface area contributed by atoms with Crippen molar-refractivity contribution >= 4 is 29.4 Å². The normalized spacial score (nSPS) is 12.4. The first-order chi connectivity index (χ1) is 16.9. The molecule has 0 saturated carbocycles. The molecule has 0 aliphatic rings. The zero-order valence-electron chi connectivity index (χ0n) is 21.2. The number of rotatable bonds is 11. The maximum absolute atomic E-state index is 13.2. The Balaban J connectivity index is 0.000000960. The lowest BCUT2D eigenvalue weighted by atomic mass is 9.97. The summed E-state index contributed by atoms with van der Waals surface area (Å²) in [5.41, 5.74) is 5.62. The average Bonchev–Trinajstić information content (AvgIpc) is 2.82. The Bertz CT molecular complexity index is 988. The number of hydrogen-bond acceptors (Lipinski definition) is 7. The third-order valence-corrected chi connectivity index (χ3v) is 5.12. The van der Waals surface area contributed by atoms with Crippen LogP contribution < -0.4 is 10.6 Å². The second-order valence-corrected chi connectivity index (χ2v) is 9.19. The summed E-state index contributed by atoms with van der Waals surface area (Å²) in [5.74, 6) is -2.71. The molecule has 0 aromatic heterocycles. The Morgan fingerprint density at radius 2 is 1.47 bits per heavy atom. The van der Waals surface area contributed by atoms with Gasteiger partial charge in [-0.05, 0) is 45.4 Å². The Kier molecular flexibility index (Phi) is 12.3. The molecule has 0 amide bonds. The summed E-state index contributed by atoms with van der Waals surface area (Å²) in [6.07, 6.45) is 0.360. The molecule has 2 rings (SSSR count). The van der Waals surface area contributed by atoms with Crippen LogP contribution in [-0.2, 0) is 30.3 Å². The summed E-state index contributed by atoms with van der Waals surface area (Å²) < 4.78 is 5.25. The summed E-state index contributed by atoms with van der Waals surface area (Å²) in [6.45, 7) is 6.50. The molecule has 0 aliphatic heterocycles. The van der Waals surface area contributed by atoms with Crippen molar-refractivity contribution in [3.63, 3.8) is 0 Å². The molecule has 0 radical (unpaired) electrons. The molecule has 0 spiro atoms. The van der Waals surface area contributed by atoms with Crippen molar-refractivity contribution in [1.29, 1.82) is 0 Å². The highest BCUT2D eigenvalue weighted by Gasteiger charge is 2.34. The van der Waals surface area contributed by atoms with Gasteiger partial charge in [0.15, 0.2) is 12.4 Å². The van der Waals surface area contributed by atoms with E-state index in [0.717, 1.165) is 5.56 Å². The van der Waals surface area contributed by atoms with Crippen molar-refractivity contribution < 1.29 is 34.1 Å². The van der Waals surface area contributed by atoms with E-state index in [1.807, 2.05) is 36.4 Å². The number of benzene rings is 2. The van der Waals surface area contributed by atoms with Crippen LogP contribution in [0.25, 0.3) is 0 Å². The van der Waals surface area contributed by atoms with Crippen molar-refractivity contribution in [3.8, 4) is 0 Å². The molecule has 2 atom stereocenters. The molecule has 2 aromatic carbocycles. The lowest BCUT2D eigenvalue weighted by molar-refractivity contribution is -0.156. The third-order valence-electron chi connectivity index (χ3n) is 5.12. The number of esters is 1. The van der Waals surface area contributed by atoms with E-state index >= 15 is 0 Å². The van der Waals surface area contributed by atoms with Gasteiger partial charge in [0.2, 0.25) is 0 Å². The fraction of sp³-hybridized carbons (Fsp3) is 0.407. The molecular weight excluding hydrogens is 464 g/mol. The maximum atomic E-state index is 13.2. The average molecular weight is 501 g/mol. The number of hydrogen-bond donors (Lipinski definition) is 3. The highest BCUT2D eigenvalue weighted by atomic mass is 16.5. The van der Waals surface area contributed by atoms with Crippen LogP contribution >= 0.6 is 0 Å². The SMILES string of the molecule is C[C@@H](C(=O)O)N(c1ccccc1)C(Cc1ccccc1)C(=O)COC(=O)C(C)(C)C.NCCC(=O)O. The summed E-state index contributed by atoms with van der Waals surface area (Å²) >= 11 is 0. The van der Waals surface area contributed by atoms with E-state index in [1.165, 1.54) is 0 Å². The van der Waals surface area contributed by atoms with Gasteiger partial charge in [0.05, 0.1) is 17.9 Å². The number of aliphatic carboxylic acids is 2. The van der Waals surface area contributed by atoms with Gasteiger partial charge < -0.3 is 25.6 Å². The predicted molar refractivity (Wildman–Crippen MR) is 137 cm³/mol. The summed E-state index contributed by atoms with van der Waals surface area (Å²) in [7, 11) is 0. The first kappa shape index (κ1) is 30.3. The van der Waals surface area contributed by atoms with Gasteiger partial charge in [-0.15, -0.1) is 0 Å². The number of carboxylic acids is 2. The van der Waals surface area contributed by atoms with Crippen LogP contribution in [0.3, 0.4) is 0 Å². The first-order valence-electron chi connectivity index (χ1n) is 11.6. The quantitative estimate of drug-likeness (QED) is 0.396. The second-order valence-electron chi connectivity index (χ2n) is 9.19. The monoisotopic (exact) mass is 500 g/mol. The Labute approximate surface area is 211 Å². The van der Waals surface area contributed by atoms with Crippen molar-refractivity contribution in [2.75, 3.05) is 18.1 Å². The number of Topliss-reactive ketones (excluding diaryl/α,β-unsaturated/α-hetero) is 1. The van der Waals surface area contributed by atoms with Gasteiger partial charge in [0, 0.05) is 18.7 Å². The molecule has 2 aromatic rings. The first-order valence-corrected chi connectivity index (χ1v) is 11.6. The summed E-state index contributed by atoms with van der Waals surface area (Å²) in [6, 6.07) is 16.6. The molecule has 1 unspecified atom stereocenters. The zero-order chi connectivity index (χ0) is 27.3. The largest absolute Gasteiger partial charge is 0.481 e. The number of para-hydroxylation sites is 1. The van der Waals surface area contributed by atoms with Crippen LogP contribution in [0.2, 0.25) is 0 Å². The standard InChI is InChI=1S/C24H29NO5.C3H7NO2/c1-17(22(27)28)25(19-13-9-6-10-14-19)20(15-18-11-7-5-8-12-18)21(26)16-30-23(29)24(2,3)4;4-2-1-3(5)6/h5-14,17,20H,15-16H2,1-4H3,(H,27,28);1-2,4H2,(H,5,6)/t17-,20?;/m0./s1. The molecule has 4 N–H and O–H groups in total. The molecule has 9 nitrogen and oxygen atoms in total. The van der Waals surface area contributed by atoms with E-state index in [2.05, 4.69) is 0 Å². The van der Waals surface area contributed by atoms with E-state index in [9.17, 15) is 24.3 Å². The topological polar surface area (TPSA) is 147 Å². The molecule has 0 saturated heterocycles. The number of carboxylic acid groups (broad SMARTS) is 2. The van der Waals surface area contributed by atoms with E-state index < -0.39 is 42.0 Å². The van der Waals surface area contributed by atoms with Gasteiger partial charge in [0.25, 0.3) is 0 Å². The number of ether oxygens (including phenoxy) is 1. The van der Waals surface area contributed by atoms with E-state index in [4.69, 9.17) is 15.6 Å². The van der Waals surface area contributed by atoms with Crippen molar-refractivity contribution in [1.82, 2.24) is 0 Å². The van der Waals surface area contributed by atoms with Crippen LogP contribution in [0.4, 0.5) is 5.69 Å². The van der Waals surface area contributed by atoms with Gasteiger partial charge in [-0.3, -0.25) is 14.4 Å². The zero-order valence-corrected chi connectivity index (χ0v) is 21.2. The van der Waals surface area contributed by atoms with E-state index in [1.54, 1.807) is 56.9 Å². The van der Waals surface area contributed by atoms with Gasteiger partial charge in [-0.1, -0.05) is 48.5 Å². The molecule has 0 heterocycles. The predicted octanol–water partition coefficient (Wildman–Crippen LogP) is 3.16. The minimum absolute atomic E-state index is 0.0694. The number of anilines is 1. The summed E-state index contributed by atoms with van der Waals surface area (Å²) in [5, 5.41) is 17.5. The molecule has 36 heavy (non-hydrogen) atoms. The number of ketones is 1. The van der Waals surface area contributed by atoms with E-state index in [0.29, 0.717) is 12.1 Å².